The van der Waals surface area contributed by atoms with Crippen LogP contribution in [0.5, 0.6) is 23.1 Å². The van der Waals surface area contributed by atoms with E-state index in [4.69, 9.17) is 18.9 Å². The zero-order chi connectivity index (χ0) is 26.8. The van der Waals surface area contributed by atoms with Crippen LogP contribution in [0.25, 0.3) is 6.08 Å². The van der Waals surface area contributed by atoms with E-state index in [2.05, 4.69) is 9.98 Å². The van der Waals surface area contributed by atoms with Gasteiger partial charge >= 0.3 is 4.87 Å². The molecule has 3 heterocycles. The summed E-state index contributed by atoms with van der Waals surface area (Å²) in [5.74, 6) is 1.56. The maximum absolute atomic E-state index is 12.6. The molecule has 0 radical (unpaired) electrons. The number of aromatic nitrogens is 1. The summed E-state index contributed by atoms with van der Waals surface area (Å²) >= 11 is 0.873. The van der Waals surface area contributed by atoms with Gasteiger partial charge in [-0.2, -0.15) is 0 Å². The van der Waals surface area contributed by atoms with Crippen molar-refractivity contribution in [2.75, 3.05) is 47.6 Å². The largest absolute Gasteiger partial charge is 0.496 e. The van der Waals surface area contributed by atoms with Crippen LogP contribution in [0, 0.1) is 0 Å². The number of hydrogen-bond donors (Lipinski definition) is 1. The number of rotatable bonds is 7. The van der Waals surface area contributed by atoms with Crippen LogP contribution in [0.1, 0.15) is 10.4 Å². The van der Waals surface area contributed by atoms with Crippen molar-refractivity contribution < 1.29 is 28.8 Å². The number of hydrogen-bond acceptors (Lipinski definition) is 10. The van der Waals surface area contributed by atoms with Gasteiger partial charge in [-0.25, -0.2) is 9.98 Å². The van der Waals surface area contributed by atoms with Crippen molar-refractivity contribution in [3.05, 3.63) is 61.0 Å². The first-order chi connectivity index (χ1) is 18.4. The molecule has 3 aromatic rings. The molecule has 12 heteroatoms. The van der Waals surface area contributed by atoms with Crippen LogP contribution >= 0.6 is 11.3 Å². The molecular formula is C26H26N4O7S. The molecular weight excluding hydrogens is 512 g/mol. The standard InChI is InChI=1S/C26H26N4O7S/c1-34-19-13-21(36-3)20(35-2)12-16(19)24-27-17-5-4-15(10-18(17)28-24)11-22-25(32)30(26(33)38-22)14-23(31)29-6-8-37-9-7-29/h4-5,10-13,32H,6-9,14H2,1-3H3/b15-11+. The minimum Gasteiger partial charge on any atom is -0.496 e. The second-order valence-electron chi connectivity index (χ2n) is 8.48. The van der Waals surface area contributed by atoms with Gasteiger partial charge in [0.25, 0.3) is 0 Å². The second kappa shape index (κ2) is 10.7. The van der Waals surface area contributed by atoms with Crippen LogP contribution in [-0.4, -0.2) is 73.9 Å². The second-order valence-corrected chi connectivity index (χ2v) is 9.48. The van der Waals surface area contributed by atoms with Gasteiger partial charge in [0.1, 0.15) is 12.3 Å². The van der Waals surface area contributed by atoms with Gasteiger partial charge in [-0.1, -0.05) is 17.4 Å². The summed E-state index contributed by atoms with van der Waals surface area (Å²) in [6.07, 6.45) is 1.68. The van der Waals surface area contributed by atoms with Gasteiger partial charge in [0.2, 0.25) is 11.8 Å². The zero-order valence-electron chi connectivity index (χ0n) is 21.1. The highest BCUT2D eigenvalue weighted by molar-refractivity contribution is 7.10. The summed E-state index contributed by atoms with van der Waals surface area (Å²) in [4.78, 5) is 36.0. The first-order valence-corrected chi connectivity index (χ1v) is 12.6. The van der Waals surface area contributed by atoms with Gasteiger partial charge in [0.15, 0.2) is 17.3 Å². The number of fused-ring (bicyclic) bond motifs is 1. The third-order valence-corrected chi connectivity index (χ3v) is 7.16. The number of ether oxygens (including phenoxy) is 4. The Labute approximate surface area is 221 Å². The molecule has 0 atom stereocenters. The average Bonchev–Trinajstić information content (AvgIpc) is 3.48. The van der Waals surface area contributed by atoms with Crippen molar-refractivity contribution >= 4 is 34.8 Å². The number of methoxy groups -OCH3 is 3. The minimum absolute atomic E-state index is 0.223. The monoisotopic (exact) mass is 538 g/mol. The normalized spacial score (nSPS) is 15.1. The van der Waals surface area contributed by atoms with E-state index in [1.165, 1.54) is 0 Å². The Morgan fingerprint density at radius 3 is 2.47 bits per heavy atom. The number of aromatic hydroxyl groups is 1. The predicted octanol–water partition coefficient (Wildman–Crippen LogP) is 1.04. The molecule has 2 aliphatic rings. The van der Waals surface area contributed by atoms with E-state index in [0.717, 1.165) is 15.9 Å². The van der Waals surface area contributed by atoms with Crippen LogP contribution in [0.3, 0.4) is 0 Å². The molecule has 11 nitrogen and oxygen atoms in total. The van der Waals surface area contributed by atoms with Gasteiger partial charge in [-0.3, -0.25) is 14.2 Å². The molecule has 1 saturated heterocycles. The zero-order valence-corrected chi connectivity index (χ0v) is 21.9. The average molecular weight is 539 g/mol. The molecule has 0 saturated carbocycles. The summed E-state index contributed by atoms with van der Waals surface area (Å²) in [5.41, 5.74) is 1.27. The van der Waals surface area contributed by atoms with Gasteiger partial charge in [0.05, 0.1) is 56.0 Å². The summed E-state index contributed by atoms with van der Waals surface area (Å²) < 4.78 is 22.7. The Hall–Kier alpha value is -4.16. The third kappa shape index (κ3) is 4.87. The molecule has 1 N–H and O–H groups in total. The Kier molecular flexibility index (Phi) is 7.16. The van der Waals surface area contributed by atoms with Crippen molar-refractivity contribution in [2.24, 2.45) is 9.98 Å². The number of benzene rings is 2. The molecule has 0 bridgehead atoms. The van der Waals surface area contributed by atoms with E-state index in [1.54, 1.807) is 44.4 Å². The van der Waals surface area contributed by atoms with Crippen LogP contribution in [0.4, 0.5) is 5.69 Å². The highest BCUT2D eigenvalue weighted by atomic mass is 32.1. The first-order valence-electron chi connectivity index (χ1n) is 11.8. The lowest BCUT2D eigenvalue weighted by molar-refractivity contribution is -0.136. The molecule has 1 fully saturated rings. The molecule has 0 unspecified atom stereocenters. The van der Waals surface area contributed by atoms with E-state index in [0.29, 0.717) is 76.1 Å². The molecule has 0 aliphatic carbocycles. The Morgan fingerprint density at radius 2 is 1.76 bits per heavy atom. The number of aliphatic imine (C=N–C) groups is 1. The van der Waals surface area contributed by atoms with E-state index in [1.807, 2.05) is 18.2 Å². The van der Waals surface area contributed by atoms with Crippen molar-refractivity contribution in [1.29, 1.82) is 0 Å². The van der Waals surface area contributed by atoms with Gasteiger partial charge in [-0.05, 0) is 29.5 Å². The number of amides is 1. The molecule has 38 heavy (non-hydrogen) atoms. The van der Waals surface area contributed by atoms with Crippen LogP contribution < -0.4 is 29.7 Å². The Bertz CT molecular complexity index is 1600. The molecule has 1 amide bonds. The number of amidine groups is 1. The smallest absolute Gasteiger partial charge is 0.311 e. The summed E-state index contributed by atoms with van der Waals surface area (Å²) in [6, 6.07) is 8.91. The van der Waals surface area contributed by atoms with Crippen molar-refractivity contribution in [2.45, 2.75) is 6.54 Å². The summed E-state index contributed by atoms with van der Waals surface area (Å²) in [7, 11) is 4.65. The van der Waals surface area contributed by atoms with Crippen LogP contribution in [0.15, 0.2) is 45.1 Å². The molecule has 1 aromatic heterocycles. The topological polar surface area (TPSA) is 124 Å². The lowest BCUT2D eigenvalue weighted by Gasteiger charge is -2.26. The minimum atomic E-state index is -0.410. The van der Waals surface area contributed by atoms with Crippen molar-refractivity contribution in [1.82, 2.24) is 9.47 Å². The van der Waals surface area contributed by atoms with Gasteiger partial charge in [0, 0.05) is 19.2 Å². The number of carbonyl (C=O) groups excluding carboxylic acids is 1. The number of thiazole rings is 1. The van der Waals surface area contributed by atoms with E-state index in [9.17, 15) is 14.7 Å². The molecule has 2 aromatic carbocycles. The molecule has 0 spiro atoms. The van der Waals surface area contributed by atoms with Crippen molar-refractivity contribution in [3.8, 4) is 23.1 Å². The number of carbonyl (C=O) groups is 1. The van der Waals surface area contributed by atoms with Crippen LogP contribution in [-0.2, 0) is 16.1 Å². The van der Waals surface area contributed by atoms with E-state index in [-0.39, 0.29) is 18.3 Å². The van der Waals surface area contributed by atoms with Crippen LogP contribution in [0.2, 0.25) is 0 Å². The van der Waals surface area contributed by atoms with Gasteiger partial charge in [-0.15, -0.1) is 0 Å². The SMILES string of the molecule is COc1cc(OC)c(C2=Nc3c/c(=C/c4sc(=O)n(CC(=O)N5CCOCC5)c4O)ccc3=N2)cc1OC. The molecule has 5 rings (SSSR count). The quantitative estimate of drug-likeness (QED) is 0.477. The molecule has 2 aliphatic heterocycles. The van der Waals surface area contributed by atoms with E-state index < -0.39 is 4.87 Å². The summed E-state index contributed by atoms with van der Waals surface area (Å²) in [5, 5.41) is 12.1. The van der Waals surface area contributed by atoms with E-state index >= 15 is 0 Å². The Balaban J connectivity index is 1.44. The summed E-state index contributed by atoms with van der Waals surface area (Å²) in [6.45, 7) is 1.63. The fraction of sp³-hybridized carbons (Fsp3) is 0.308. The predicted molar refractivity (Wildman–Crippen MR) is 141 cm³/mol. The molecule has 198 valence electrons. The van der Waals surface area contributed by atoms with Gasteiger partial charge < -0.3 is 29.0 Å². The number of morpholine rings is 1. The Morgan fingerprint density at radius 1 is 1.05 bits per heavy atom. The highest BCUT2D eigenvalue weighted by Crippen LogP contribution is 2.36. The maximum atomic E-state index is 12.6. The highest BCUT2D eigenvalue weighted by Gasteiger charge is 2.22. The third-order valence-electron chi connectivity index (χ3n) is 6.25. The first kappa shape index (κ1) is 25.5. The number of nitrogens with zero attached hydrogens (tertiary/aromatic N) is 4. The van der Waals surface area contributed by atoms with Crippen molar-refractivity contribution in [3.63, 3.8) is 0 Å². The maximum Gasteiger partial charge on any atom is 0.311 e. The lowest BCUT2D eigenvalue weighted by atomic mass is 10.1. The lowest BCUT2D eigenvalue weighted by Crippen LogP contribution is -2.43. The fourth-order valence-corrected chi connectivity index (χ4v) is 5.08. The fourth-order valence-electron chi connectivity index (χ4n) is 4.24.